The van der Waals surface area contributed by atoms with Crippen LogP contribution in [0.5, 0.6) is 5.75 Å². The van der Waals surface area contributed by atoms with Crippen LogP contribution in [-0.2, 0) is 14.3 Å². The van der Waals surface area contributed by atoms with Crippen LogP contribution in [0, 0.1) is 0 Å². The van der Waals surface area contributed by atoms with Crippen molar-refractivity contribution in [1.29, 1.82) is 0 Å². The van der Waals surface area contributed by atoms with Gasteiger partial charge in [-0.25, -0.2) is 14.0 Å². The number of hydrogen-bond donors (Lipinski definition) is 0. The van der Waals surface area contributed by atoms with E-state index in [9.17, 15) is 14.0 Å². The van der Waals surface area contributed by atoms with Crippen LogP contribution in [0.3, 0.4) is 0 Å². The fourth-order valence-corrected chi connectivity index (χ4v) is 1.94. The van der Waals surface area contributed by atoms with E-state index in [-0.39, 0.29) is 10.8 Å². The Morgan fingerprint density at radius 2 is 1.58 bits per heavy atom. The number of benzene rings is 2. The molecule has 0 atom stereocenters. The molecule has 0 saturated heterocycles. The van der Waals surface area contributed by atoms with Crippen molar-refractivity contribution in [2.75, 3.05) is 13.3 Å². The molecule has 2 rings (SSSR count). The SMILES string of the molecule is Clc1ccccc1.O=C(CF)OC(=O)COc1ccc(Cl)cc1Cl. The zero-order valence-corrected chi connectivity index (χ0v) is 14.4. The summed E-state index contributed by atoms with van der Waals surface area (Å²) in [7, 11) is 0. The minimum Gasteiger partial charge on any atom is -0.480 e. The van der Waals surface area contributed by atoms with Crippen molar-refractivity contribution in [3.05, 3.63) is 63.6 Å². The molecule has 0 aliphatic rings. The molecule has 0 aliphatic carbocycles. The van der Waals surface area contributed by atoms with Gasteiger partial charge >= 0.3 is 11.9 Å². The van der Waals surface area contributed by atoms with E-state index in [1.165, 1.54) is 18.2 Å². The van der Waals surface area contributed by atoms with Gasteiger partial charge < -0.3 is 9.47 Å². The third-order valence-electron chi connectivity index (χ3n) is 2.31. The molecule has 0 spiro atoms. The summed E-state index contributed by atoms with van der Waals surface area (Å²) in [6, 6.07) is 13.8. The number of ether oxygens (including phenoxy) is 2. The topological polar surface area (TPSA) is 52.6 Å². The average molecular weight is 394 g/mol. The lowest BCUT2D eigenvalue weighted by Crippen LogP contribution is -2.20. The van der Waals surface area contributed by atoms with Crippen molar-refractivity contribution in [2.45, 2.75) is 0 Å². The fraction of sp³-hybridized carbons (Fsp3) is 0.125. The molecule has 0 bridgehead atoms. The largest absolute Gasteiger partial charge is 0.480 e. The first kappa shape index (κ1) is 20.2. The molecule has 0 N–H and O–H groups in total. The van der Waals surface area contributed by atoms with Crippen LogP contribution in [0.2, 0.25) is 15.1 Å². The maximum absolute atomic E-state index is 11.7. The van der Waals surface area contributed by atoms with Crippen molar-refractivity contribution in [1.82, 2.24) is 0 Å². The first-order valence-electron chi connectivity index (χ1n) is 6.50. The predicted octanol–water partition coefficient (Wildman–Crippen LogP) is 4.75. The lowest BCUT2D eigenvalue weighted by molar-refractivity contribution is -0.161. The molecule has 0 unspecified atom stereocenters. The van der Waals surface area contributed by atoms with Gasteiger partial charge in [0, 0.05) is 10.0 Å². The van der Waals surface area contributed by atoms with Gasteiger partial charge in [-0.1, -0.05) is 53.0 Å². The van der Waals surface area contributed by atoms with Gasteiger partial charge in [-0.2, -0.15) is 0 Å². The molecule has 2 aromatic carbocycles. The highest BCUT2D eigenvalue weighted by Crippen LogP contribution is 2.27. The molecule has 0 amide bonds. The average Bonchev–Trinajstić information content (AvgIpc) is 2.55. The first-order valence-corrected chi connectivity index (χ1v) is 7.63. The summed E-state index contributed by atoms with van der Waals surface area (Å²) in [6.45, 7) is -1.92. The highest BCUT2D eigenvalue weighted by molar-refractivity contribution is 6.35. The van der Waals surface area contributed by atoms with E-state index in [4.69, 9.17) is 39.5 Å². The molecule has 128 valence electrons. The second-order valence-corrected chi connectivity index (χ2v) is 5.42. The Kier molecular flexibility index (Phi) is 9.15. The smallest absolute Gasteiger partial charge is 0.351 e. The van der Waals surface area contributed by atoms with Gasteiger partial charge in [0.15, 0.2) is 13.3 Å². The Morgan fingerprint density at radius 3 is 2.08 bits per heavy atom. The summed E-state index contributed by atoms with van der Waals surface area (Å²) in [5.41, 5.74) is 0. The molecule has 8 heteroatoms. The Balaban J connectivity index is 0.000000341. The summed E-state index contributed by atoms with van der Waals surface area (Å²) in [5.74, 6) is -2.06. The molecule has 0 aromatic heterocycles. The van der Waals surface area contributed by atoms with Crippen LogP contribution >= 0.6 is 34.8 Å². The van der Waals surface area contributed by atoms with Crippen molar-refractivity contribution in [2.24, 2.45) is 0 Å². The van der Waals surface area contributed by atoms with Crippen molar-refractivity contribution in [3.8, 4) is 5.75 Å². The van der Waals surface area contributed by atoms with Gasteiger partial charge in [0.1, 0.15) is 5.75 Å². The Morgan fingerprint density at radius 1 is 0.917 bits per heavy atom. The second-order valence-electron chi connectivity index (χ2n) is 4.14. The molecule has 2 aromatic rings. The van der Waals surface area contributed by atoms with Gasteiger partial charge in [-0.05, 0) is 30.3 Å². The number of halogens is 4. The second kappa shape index (κ2) is 10.9. The number of carbonyl (C=O) groups is 2. The molecule has 4 nitrogen and oxygen atoms in total. The molecule has 0 saturated carbocycles. The molecule has 24 heavy (non-hydrogen) atoms. The standard InChI is InChI=1S/C10H7Cl2FO4.C6H5Cl/c11-6-1-2-8(7(12)3-6)16-5-10(15)17-9(14)4-13;7-6-4-2-1-3-5-6/h1-3H,4-5H2;1-5H. The summed E-state index contributed by atoms with van der Waals surface area (Å²) in [4.78, 5) is 21.4. The summed E-state index contributed by atoms with van der Waals surface area (Å²) < 4.78 is 20.7. The molecule has 0 fully saturated rings. The van der Waals surface area contributed by atoms with E-state index >= 15 is 0 Å². The van der Waals surface area contributed by atoms with Gasteiger partial charge in [0.05, 0.1) is 5.02 Å². The Hall–Kier alpha value is -1.82. The number of esters is 2. The monoisotopic (exact) mass is 392 g/mol. The number of carbonyl (C=O) groups excluding carboxylic acids is 2. The minimum atomic E-state index is -1.37. The molecular weight excluding hydrogens is 382 g/mol. The summed E-state index contributed by atoms with van der Waals surface area (Å²) in [6.07, 6.45) is 0. The minimum absolute atomic E-state index is 0.209. The third-order valence-corrected chi connectivity index (χ3v) is 3.09. The van der Waals surface area contributed by atoms with Gasteiger partial charge in [0.2, 0.25) is 0 Å². The van der Waals surface area contributed by atoms with E-state index in [2.05, 4.69) is 4.74 Å². The van der Waals surface area contributed by atoms with E-state index in [0.29, 0.717) is 5.02 Å². The lowest BCUT2D eigenvalue weighted by Gasteiger charge is -2.06. The van der Waals surface area contributed by atoms with E-state index in [1.54, 1.807) is 0 Å². The van der Waals surface area contributed by atoms with E-state index < -0.39 is 25.2 Å². The highest BCUT2D eigenvalue weighted by Gasteiger charge is 2.11. The number of alkyl halides is 1. The highest BCUT2D eigenvalue weighted by atomic mass is 35.5. The molecule has 0 radical (unpaired) electrons. The molecular formula is C16H12Cl3FO4. The third kappa shape index (κ3) is 8.15. The maximum Gasteiger partial charge on any atom is 0.351 e. The number of hydrogen-bond acceptors (Lipinski definition) is 4. The Labute approximate surface area is 153 Å². The summed E-state index contributed by atoms with van der Waals surface area (Å²) >= 11 is 16.9. The van der Waals surface area contributed by atoms with Gasteiger partial charge in [0.25, 0.3) is 0 Å². The number of rotatable bonds is 4. The Bertz CT molecular complexity index is 680. The van der Waals surface area contributed by atoms with Crippen LogP contribution in [0.1, 0.15) is 0 Å². The summed E-state index contributed by atoms with van der Waals surface area (Å²) in [5, 5.41) is 1.42. The maximum atomic E-state index is 11.7. The lowest BCUT2D eigenvalue weighted by atomic mass is 10.3. The molecule has 0 heterocycles. The first-order chi connectivity index (χ1) is 11.4. The van der Waals surface area contributed by atoms with E-state index in [1.807, 2.05) is 30.3 Å². The van der Waals surface area contributed by atoms with Crippen molar-refractivity contribution >= 4 is 46.7 Å². The van der Waals surface area contributed by atoms with Crippen LogP contribution in [0.25, 0.3) is 0 Å². The van der Waals surface area contributed by atoms with Crippen LogP contribution in [0.15, 0.2) is 48.5 Å². The van der Waals surface area contributed by atoms with Gasteiger partial charge in [-0.3, -0.25) is 0 Å². The quantitative estimate of drug-likeness (QED) is 0.555. The van der Waals surface area contributed by atoms with E-state index in [0.717, 1.165) is 5.02 Å². The zero-order chi connectivity index (χ0) is 17.9. The van der Waals surface area contributed by atoms with Crippen molar-refractivity contribution < 1.29 is 23.5 Å². The van der Waals surface area contributed by atoms with Crippen LogP contribution in [0.4, 0.5) is 4.39 Å². The zero-order valence-electron chi connectivity index (χ0n) is 12.2. The van der Waals surface area contributed by atoms with Crippen LogP contribution < -0.4 is 4.74 Å². The van der Waals surface area contributed by atoms with Crippen molar-refractivity contribution in [3.63, 3.8) is 0 Å². The fourth-order valence-electron chi connectivity index (χ4n) is 1.33. The molecule has 0 aliphatic heterocycles. The van der Waals surface area contributed by atoms with Crippen LogP contribution in [-0.4, -0.2) is 25.2 Å². The predicted molar refractivity (Wildman–Crippen MR) is 90.5 cm³/mol. The normalized spacial score (nSPS) is 9.50. The van der Waals surface area contributed by atoms with Gasteiger partial charge in [-0.15, -0.1) is 0 Å².